The Balaban J connectivity index is 2.19. The molecule has 0 aliphatic heterocycles. The maximum atomic E-state index is 2.42. The normalized spacial score (nSPS) is 15.8. The Kier molecular flexibility index (Phi) is 2.79. The highest BCUT2D eigenvalue weighted by Gasteiger charge is 2.21. The molecule has 0 N–H and O–H groups in total. The SMILES string of the molecule is CC(C)(C)C1=Cc2ccc3cpccc3c2CC1. The molecule has 0 amide bonds. The van der Waals surface area contributed by atoms with Gasteiger partial charge in [0.05, 0.1) is 0 Å². The summed E-state index contributed by atoms with van der Waals surface area (Å²) in [5.41, 5.74) is 4.86. The fourth-order valence-corrected chi connectivity index (χ4v) is 3.48. The number of aryl methyl sites for hydroxylation is 1. The van der Waals surface area contributed by atoms with Gasteiger partial charge in [0.2, 0.25) is 0 Å². The van der Waals surface area contributed by atoms with Gasteiger partial charge in [-0.05, 0) is 57.8 Å². The monoisotopic (exact) mass is 254 g/mol. The van der Waals surface area contributed by atoms with E-state index in [0.29, 0.717) is 5.41 Å². The van der Waals surface area contributed by atoms with Crippen molar-refractivity contribution in [1.82, 2.24) is 0 Å². The Bertz CT molecular complexity index is 630. The second-order valence-electron chi connectivity index (χ2n) is 6.15. The molecule has 0 bridgehead atoms. The largest absolute Gasteiger partial charge is 0.0758 e. The lowest BCUT2D eigenvalue weighted by Crippen LogP contribution is -2.13. The second-order valence-corrected chi connectivity index (χ2v) is 7.00. The Morgan fingerprint density at radius 1 is 1.06 bits per heavy atom. The van der Waals surface area contributed by atoms with Crippen LogP contribution in [-0.4, -0.2) is 0 Å². The van der Waals surface area contributed by atoms with Crippen molar-refractivity contribution in [3.05, 3.63) is 46.5 Å². The molecular weight excluding hydrogens is 235 g/mol. The summed E-state index contributed by atoms with van der Waals surface area (Å²) in [6, 6.07) is 6.86. The molecule has 1 aromatic carbocycles. The average molecular weight is 254 g/mol. The molecule has 2 aromatic rings. The van der Waals surface area contributed by atoms with Gasteiger partial charge in [-0.25, -0.2) is 0 Å². The highest BCUT2D eigenvalue weighted by molar-refractivity contribution is 7.28. The molecule has 18 heavy (non-hydrogen) atoms. The van der Waals surface area contributed by atoms with Gasteiger partial charge in [0.1, 0.15) is 0 Å². The third kappa shape index (κ3) is 1.99. The number of hydrogen-bond donors (Lipinski definition) is 0. The number of fused-ring (bicyclic) bond motifs is 3. The van der Waals surface area contributed by atoms with Crippen molar-refractivity contribution in [3.63, 3.8) is 0 Å². The second kappa shape index (κ2) is 4.21. The highest BCUT2D eigenvalue weighted by Crippen LogP contribution is 2.38. The third-order valence-electron chi connectivity index (χ3n) is 3.91. The Morgan fingerprint density at radius 3 is 2.67 bits per heavy atom. The van der Waals surface area contributed by atoms with Crippen LogP contribution in [0.5, 0.6) is 0 Å². The highest BCUT2D eigenvalue weighted by atomic mass is 31.0. The van der Waals surface area contributed by atoms with Gasteiger partial charge in [-0.2, -0.15) is 0 Å². The quantitative estimate of drug-likeness (QED) is 0.557. The molecule has 1 aliphatic rings. The van der Waals surface area contributed by atoms with E-state index in [9.17, 15) is 0 Å². The lowest BCUT2D eigenvalue weighted by atomic mass is 9.78. The maximum Gasteiger partial charge on any atom is -0.0135 e. The van der Waals surface area contributed by atoms with Crippen LogP contribution >= 0.6 is 8.19 Å². The fraction of sp³-hybridized carbons (Fsp3) is 0.353. The summed E-state index contributed by atoms with van der Waals surface area (Å²) in [4.78, 5) is 0. The summed E-state index contributed by atoms with van der Waals surface area (Å²) in [6.45, 7) is 6.94. The van der Waals surface area contributed by atoms with Gasteiger partial charge in [-0.15, -0.1) is 0 Å². The van der Waals surface area contributed by atoms with Crippen molar-refractivity contribution in [3.8, 4) is 0 Å². The van der Waals surface area contributed by atoms with E-state index in [4.69, 9.17) is 0 Å². The van der Waals surface area contributed by atoms with Crippen LogP contribution in [-0.2, 0) is 6.42 Å². The minimum absolute atomic E-state index is 0.300. The minimum Gasteiger partial charge on any atom is -0.0758 e. The molecule has 0 radical (unpaired) electrons. The fourth-order valence-electron chi connectivity index (χ4n) is 2.78. The molecule has 0 unspecified atom stereocenters. The zero-order chi connectivity index (χ0) is 12.8. The van der Waals surface area contributed by atoms with Crippen molar-refractivity contribution in [2.24, 2.45) is 5.41 Å². The standard InChI is InChI=1S/C17H19P/c1-17(2,3)14-6-7-15-12(10-14)4-5-13-11-18-9-8-16(13)15/h4-5,8-11H,6-7H2,1-3H3. The average Bonchev–Trinajstić information content (AvgIpc) is 2.37. The minimum atomic E-state index is 0.300. The molecule has 1 heterocycles. The molecule has 0 atom stereocenters. The van der Waals surface area contributed by atoms with E-state index in [0.717, 1.165) is 0 Å². The van der Waals surface area contributed by atoms with Crippen molar-refractivity contribution in [2.75, 3.05) is 0 Å². The summed E-state index contributed by atoms with van der Waals surface area (Å²) in [5, 5.41) is 2.86. The predicted octanol–water partition coefficient (Wildman–Crippen LogP) is 5.80. The van der Waals surface area contributed by atoms with Crippen molar-refractivity contribution in [1.29, 1.82) is 0 Å². The first-order valence-corrected chi connectivity index (χ1v) is 7.66. The zero-order valence-corrected chi connectivity index (χ0v) is 12.2. The first kappa shape index (κ1) is 11.9. The van der Waals surface area contributed by atoms with Crippen LogP contribution < -0.4 is 0 Å². The maximum absolute atomic E-state index is 2.42. The molecular formula is C17H19P. The summed E-state index contributed by atoms with van der Waals surface area (Å²) in [5.74, 6) is 4.55. The summed E-state index contributed by atoms with van der Waals surface area (Å²) in [7, 11) is 1.31. The lowest BCUT2D eigenvalue weighted by Gasteiger charge is -2.27. The van der Waals surface area contributed by atoms with Gasteiger partial charge < -0.3 is 0 Å². The first-order valence-electron chi connectivity index (χ1n) is 6.62. The van der Waals surface area contributed by atoms with Crippen molar-refractivity contribution >= 4 is 25.0 Å². The van der Waals surface area contributed by atoms with Gasteiger partial charge in [-0.3, -0.25) is 0 Å². The van der Waals surface area contributed by atoms with Crippen LogP contribution in [0.4, 0.5) is 0 Å². The van der Waals surface area contributed by atoms with Crippen LogP contribution in [0.25, 0.3) is 16.8 Å². The first-order chi connectivity index (χ1) is 8.55. The Labute approximate surface area is 111 Å². The molecule has 1 aliphatic carbocycles. The van der Waals surface area contributed by atoms with Crippen LogP contribution in [0.1, 0.15) is 38.3 Å². The predicted molar refractivity (Wildman–Crippen MR) is 82.2 cm³/mol. The van der Waals surface area contributed by atoms with Crippen molar-refractivity contribution < 1.29 is 0 Å². The molecule has 0 saturated carbocycles. The molecule has 1 aromatic heterocycles. The van der Waals surface area contributed by atoms with E-state index < -0.39 is 0 Å². The topological polar surface area (TPSA) is 0 Å². The number of allylic oxidation sites excluding steroid dienone is 1. The molecule has 92 valence electrons. The summed E-state index contributed by atoms with van der Waals surface area (Å²) in [6.07, 6.45) is 4.81. The van der Waals surface area contributed by atoms with Gasteiger partial charge in [-0.1, -0.05) is 52.7 Å². The van der Waals surface area contributed by atoms with Gasteiger partial charge in [0.15, 0.2) is 0 Å². The van der Waals surface area contributed by atoms with E-state index in [1.54, 1.807) is 11.1 Å². The van der Waals surface area contributed by atoms with Crippen LogP contribution in [0.3, 0.4) is 0 Å². The van der Waals surface area contributed by atoms with Crippen LogP contribution in [0, 0.1) is 5.41 Å². The number of hydrogen-bond acceptors (Lipinski definition) is 0. The third-order valence-corrected chi connectivity index (χ3v) is 4.65. The summed E-state index contributed by atoms with van der Waals surface area (Å²) < 4.78 is 0. The van der Waals surface area contributed by atoms with E-state index in [1.165, 1.54) is 37.4 Å². The Hall–Kier alpha value is -1.13. The van der Waals surface area contributed by atoms with Gasteiger partial charge in [0.25, 0.3) is 0 Å². The molecule has 0 saturated heterocycles. The van der Waals surface area contributed by atoms with Crippen LogP contribution in [0.2, 0.25) is 0 Å². The summed E-state index contributed by atoms with van der Waals surface area (Å²) >= 11 is 0. The molecule has 3 rings (SSSR count). The lowest BCUT2D eigenvalue weighted by molar-refractivity contribution is 0.484. The van der Waals surface area contributed by atoms with Gasteiger partial charge in [0, 0.05) is 0 Å². The zero-order valence-electron chi connectivity index (χ0n) is 11.3. The molecule has 0 spiro atoms. The molecule has 0 nitrogen and oxygen atoms in total. The van der Waals surface area contributed by atoms with E-state index >= 15 is 0 Å². The number of rotatable bonds is 0. The van der Waals surface area contributed by atoms with E-state index in [2.05, 4.69) is 56.6 Å². The van der Waals surface area contributed by atoms with E-state index in [1.807, 2.05) is 0 Å². The molecule has 1 heteroatoms. The number of benzene rings is 1. The van der Waals surface area contributed by atoms with E-state index in [-0.39, 0.29) is 0 Å². The molecule has 0 fully saturated rings. The smallest absolute Gasteiger partial charge is 0.0135 e. The van der Waals surface area contributed by atoms with Crippen LogP contribution in [0.15, 0.2) is 35.4 Å². The Morgan fingerprint density at radius 2 is 1.89 bits per heavy atom. The van der Waals surface area contributed by atoms with Gasteiger partial charge >= 0.3 is 0 Å². The van der Waals surface area contributed by atoms with Crippen molar-refractivity contribution in [2.45, 2.75) is 33.6 Å².